The maximum Gasteiger partial charge on any atom is 0.319 e. The number of aliphatic hydroxyl groups is 1. The topological polar surface area (TPSA) is 85.9 Å². The van der Waals surface area contributed by atoms with Gasteiger partial charge in [-0.1, -0.05) is 36.8 Å². The van der Waals surface area contributed by atoms with Crippen LogP contribution in [0.25, 0.3) is 0 Å². The summed E-state index contributed by atoms with van der Waals surface area (Å²) in [6.45, 7) is 2.60. The van der Waals surface area contributed by atoms with E-state index in [9.17, 15) is 15.2 Å². The van der Waals surface area contributed by atoms with E-state index >= 15 is 0 Å². The van der Waals surface area contributed by atoms with Crippen molar-refractivity contribution in [1.82, 2.24) is 4.90 Å². The molecule has 0 spiro atoms. The van der Waals surface area contributed by atoms with Gasteiger partial charge in [-0.25, -0.2) is 0 Å². The van der Waals surface area contributed by atoms with E-state index < -0.39 is 11.0 Å². The predicted octanol–water partition coefficient (Wildman–Crippen LogP) is 2.46. The average Bonchev–Trinajstić information content (AvgIpc) is 2.99. The Morgan fingerprint density at radius 3 is 2.96 bits per heavy atom. The molecule has 4 bridgehead atoms. The van der Waals surface area contributed by atoms with E-state index in [-0.39, 0.29) is 24.0 Å². The van der Waals surface area contributed by atoms with Gasteiger partial charge in [0.1, 0.15) is 17.1 Å². The minimum Gasteiger partial charge on any atom is -0.468 e. The number of hydrogen-bond donors (Lipinski definition) is 1. The van der Waals surface area contributed by atoms with Crippen molar-refractivity contribution < 1.29 is 14.6 Å². The summed E-state index contributed by atoms with van der Waals surface area (Å²) in [7, 11) is 1.40. The van der Waals surface area contributed by atoms with Crippen LogP contribution in [0.5, 0.6) is 0 Å². The number of carbonyl (C=O) groups excluding carboxylic acids is 1. The second-order valence-electron chi connectivity index (χ2n) is 8.23. The highest BCUT2D eigenvalue weighted by molar-refractivity contribution is 6.16. The van der Waals surface area contributed by atoms with Crippen LogP contribution in [-0.4, -0.2) is 47.4 Å². The molecule has 4 aliphatic heterocycles. The highest BCUT2D eigenvalue weighted by Crippen LogP contribution is 2.59. The van der Waals surface area contributed by atoms with Crippen molar-refractivity contribution in [2.24, 2.45) is 16.3 Å². The van der Waals surface area contributed by atoms with Gasteiger partial charge in [0.2, 0.25) is 0 Å². The normalized spacial score (nSPS) is 39.8. The number of carbonyl (C=O) groups is 1. The maximum absolute atomic E-state index is 13.4. The van der Waals surface area contributed by atoms with Gasteiger partial charge >= 0.3 is 5.97 Å². The van der Waals surface area contributed by atoms with Crippen molar-refractivity contribution in [3.63, 3.8) is 0 Å². The maximum atomic E-state index is 13.4. The van der Waals surface area contributed by atoms with E-state index in [1.807, 2.05) is 24.3 Å². The molecule has 5 aliphatic rings. The van der Waals surface area contributed by atoms with E-state index in [1.165, 1.54) is 7.11 Å². The molecule has 6 nitrogen and oxygen atoms in total. The van der Waals surface area contributed by atoms with Crippen molar-refractivity contribution in [3.05, 3.63) is 41.5 Å². The number of ether oxygens (including phenoxy) is 1. The van der Waals surface area contributed by atoms with Crippen LogP contribution in [-0.2, 0) is 15.1 Å². The van der Waals surface area contributed by atoms with Crippen molar-refractivity contribution in [2.75, 3.05) is 13.7 Å². The average molecular weight is 377 g/mol. The fraction of sp³-hybridized carbons (Fsp3) is 0.500. The monoisotopic (exact) mass is 377 g/mol. The minimum absolute atomic E-state index is 0.0854. The number of para-hydroxylation sites is 1. The Labute approximate surface area is 164 Å². The number of piperidine rings is 1. The SMILES string of the molecule is CCC1=C[C@H]2C[C@@]3(C(=O)OC)C4=Nc5ccccc5[C@]4(O)CCN([C@H]2C#N)[C@H]13. The van der Waals surface area contributed by atoms with Gasteiger partial charge < -0.3 is 9.84 Å². The number of rotatable bonds is 2. The molecule has 1 aromatic carbocycles. The largest absolute Gasteiger partial charge is 0.468 e. The highest BCUT2D eigenvalue weighted by atomic mass is 16.5. The van der Waals surface area contributed by atoms with Gasteiger partial charge in [-0.2, -0.15) is 5.26 Å². The third-order valence-electron chi connectivity index (χ3n) is 7.12. The van der Waals surface area contributed by atoms with Crippen molar-refractivity contribution >= 4 is 17.4 Å². The van der Waals surface area contributed by atoms with Crippen LogP contribution < -0.4 is 0 Å². The fourth-order valence-corrected chi connectivity index (χ4v) is 6.05. The molecule has 0 aromatic heterocycles. The second-order valence-corrected chi connectivity index (χ2v) is 8.23. The van der Waals surface area contributed by atoms with Gasteiger partial charge in [0.25, 0.3) is 0 Å². The van der Waals surface area contributed by atoms with Crippen LogP contribution in [0.1, 0.15) is 31.7 Å². The molecule has 2 fully saturated rings. The van der Waals surface area contributed by atoms with Gasteiger partial charge in [-0.05, 0) is 25.3 Å². The van der Waals surface area contributed by atoms with Crippen LogP contribution in [0.2, 0.25) is 0 Å². The lowest BCUT2D eigenvalue weighted by atomic mass is 9.56. The van der Waals surface area contributed by atoms with E-state index in [1.54, 1.807) is 0 Å². The molecule has 6 rings (SSSR count). The smallest absolute Gasteiger partial charge is 0.319 e. The first-order valence-electron chi connectivity index (χ1n) is 9.87. The number of esters is 1. The lowest BCUT2D eigenvalue weighted by molar-refractivity contribution is -0.156. The molecule has 6 heteroatoms. The zero-order valence-corrected chi connectivity index (χ0v) is 16.1. The van der Waals surface area contributed by atoms with E-state index in [0.717, 1.165) is 23.2 Å². The number of benzene rings is 1. The van der Waals surface area contributed by atoms with Gasteiger partial charge in [0.05, 0.1) is 30.6 Å². The molecule has 0 radical (unpaired) electrons. The summed E-state index contributed by atoms with van der Waals surface area (Å²) in [5.41, 5.74) is 0.711. The third kappa shape index (κ3) is 1.88. The summed E-state index contributed by atoms with van der Waals surface area (Å²) in [6, 6.07) is 9.39. The zero-order chi connectivity index (χ0) is 19.7. The van der Waals surface area contributed by atoms with Crippen molar-refractivity contribution in [1.29, 1.82) is 5.26 Å². The summed E-state index contributed by atoms with van der Waals surface area (Å²) in [5.74, 6) is -0.451. The standard InChI is InChI=1S/C22H23N3O3/c1-3-13-10-14-11-21(20(26)28-2)18(13)25(17(14)12-23)9-8-22(27)15-6-4-5-7-16(15)24-19(21)22/h4-7,10,14,17-18,27H,3,8-9,11H2,1-2H3/t14-,17-,18+,21-,22+/m0/s1. The van der Waals surface area contributed by atoms with E-state index in [4.69, 9.17) is 9.73 Å². The Hall–Kier alpha value is -2.49. The number of methoxy groups -OCH3 is 1. The Balaban J connectivity index is 1.80. The number of nitriles is 1. The van der Waals surface area contributed by atoms with Gasteiger partial charge in [-0.15, -0.1) is 0 Å². The number of fused-ring (bicyclic) bond motifs is 3. The Kier molecular flexibility index (Phi) is 3.62. The van der Waals surface area contributed by atoms with Crippen LogP contribution >= 0.6 is 0 Å². The molecule has 6 atom stereocenters. The summed E-state index contributed by atoms with van der Waals surface area (Å²) in [5, 5.41) is 21.7. The Bertz CT molecular complexity index is 977. The van der Waals surface area contributed by atoms with Crippen molar-refractivity contribution in [2.45, 2.75) is 43.9 Å². The number of hydrogen-bond acceptors (Lipinski definition) is 6. The lowest BCUT2D eigenvalue weighted by Gasteiger charge is -2.56. The molecule has 1 N–H and O–H groups in total. The predicted molar refractivity (Wildman–Crippen MR) is 103 cm³/mol. The van der Waals surface area contributed by atoms with Gasteiger partial charge in [0.15, 0.2) is 0 Å². The summed E-state index contributed by atoms with van der Waals surface area (Å²) in [6.07, 6.45) is 3.80. The first-order valence-corrected chi connectivity index (χ1v) is 9.87. The van der Waals surface area contributed by atoms with E-state index in [0.29, 0.717) is 25.1 Å². The molecule has 1 aliphatic carbocycles. The molecule has 0 amide bonds. The minimum atomic E-state index is -1.32. The first-order chi connectivity index (χ1) is 13.5. The van der Waals surface area contributed by atoms with E-state index in [2.05, 4.69) is 24.0 Å². The molecule has 0 saturated carbocycles. The van der Waals surface area contributed by atoms with Crippen molar-refractivity contribution in [3.8, 4) is 6.07 Å². The lowest BCUT2D eigenvalue weighted by Crippen LogP contribution is -2.67. The van der Waals surface area contributed by atoms with Crippen LogP contribution in [0.4, 0.5) is 5.69 Å². The zero-order valence-electron chi connectivity index (χ0n) is 16.1. The Morgan fingerprint density at radius 1 is 1.46 bits per heavy atom. The molecule has 1 aromatic rings. The molecule has 4 heterocycles. The summed E-state index contributed by atoms with van der Waals surface area (Å²) in [4.78, 5) is 20.3. The molecular formula is C22H23N3O3. The molecular weight excluding hydrogens is 354 g/mol. The third-order valence-corrected chi connectivity index (χ3v) is 7.12. The number of nitrogens with zero attached hydrogens (tertiary/aromatic N) is 3. The number of aliphatic imine (C=N–C) groups is 1. The first kappa shape index (κ1) is 17.6. The Morgan fingerprint density at radius 2 is 2.25 bits per heavy atom. The molecule has 144 valence electrons. The molecule has 2 saturated heterocycles. The molecule has 1 unspecified atom stereocenters. The second kappa shape index (κ2) is 5.76. The molecule has 28 heavy (non-hydrogen) atoms. The summed E-state index contributed by atoms with van der Waals surface area (Å²) < 4.78 is 5.32. The van der Waals surface area contributed by atoms with Crippen LogP contribution in [0, 0.1) is 22.7 Å². The fourth-order valence-electron chi connectivity index (χ4n) is 6.05. The van der Waals surface area contributed by atoms with Gasteiger partial charge in [-0.3, -0.25) is 14.7 Å². The van der Waals surface area contributed by atoms with Gasteiger partial charge in [0, 0.05) is 18.0 Å². The highest BCUT2D eigenvalue weighted by Gasteiger charge is 2.68. The summed E-state index contributed by atoms with van der Waals surface area (Å²) >= 11 is 0. The van der Waals surface area contributed by atoms with Crippen LogP contribution in [0.3, 0.4) is 0 Å². The quantitative estimate of drug-likeness (QED) is 0.632. The van der Waals surface area contributed by atoms with Crippen LogP contribution in [0.15, 0.2) is 40.9 Å².